The van der Waals surface area contributed by atoms with E-state index in [4.69, 9.17) is 10.5 Å². The first-order valence-corrected chi connectivity index (χ1v) is 6.93. The summed E-state index contributed by atoms with van der Waals surface area (Å²) < 4.78 is 35.0. The lowest BCUT2D eigenvalue weighted by atomic mass is 10.2. The van der Waals surface area contributed by atoms with Crippen molar-refractivity contribution in [1.82, 2.24) is 9.97 Å². The fraction of sp³-hybridized carbons (Fsp3) is 0.231. The Balaban J connectivity index is 2.49. The summed E-state index contributed by atoms with van der Waals surface area (Å²) in [7, 11) is 1.37. The van der Waals surface area contributed by atoms with Gasteiger partial charge in [0.2, 0.25) is 0 Å². The fourth-order valence-electron chi connectivity index (χ4n) is 1.71. The average Bonchev–Trinajstić information content (AvgIpc) is 2.43. The van der Waals surface area contributed by atoms with Crippen molar-refractivity contribution in [1.29, 1.82) is 0 Å². The molecule has 2 N–H and O–H groups in total. The van der Waals surface area contributed by atoms with E-state index >= 15 is 0 Å². The van der Waals surface area contributed by atoms with Gasteiger partial charge in [-0.3, -0.25) is 0 Å². The molecule has 0 unspecified atom stereocenters. The van der Waals surface area contributed by atoms with E-state index < -0.39 is 6.61 Å². The molecule has 0 spiro atoms. The predicted molar refractivity (Wildman–Crippen MR) is 82.5 cm³/mol. The largest absolute Gasteiger partial charge is 0.493 e. The van der Waals surface area contributed by atoms with Crippen LogP contribution in [0.5, 0.6) is 11.5 Å². The summed E-state index contributed by atoms with van der Waals surface area (Å²) in [6, 6.07) is 4.56. The van der Waals surface area contributed by atoms with Crippen molar-refractivity contribution < 1.29 is 18.3 Å². The molecule has 0 saturated carbocycles. The summed E-state index contributed by atoms with van der Waals surface area (Å²) in [4.78, 5) is 8.45. The summed E-state index contributed by atoms with van der Waals surface area (Å²) in [5.41, 5.74) is 7.02. The van der Waals surface area contributed by atoms with E-state index in [1.54, 1.807) is 13.0 Å². The van der Waals surface area contributed by atoms with Crippen molar-refractivity contribution in [3.63, 3.8) is 0 Å². The van der Waals surface area contributed by atoms with Crippen molar-refractivity contribution in [2.24, 2.45) is 0 Å². The Kier molecular flexibility index (Phi) is 4.76. The van der Waals surface area contributed by atoms with Gasteiger partial charge in [-0.1, -0.05) is 0 Å². The lowest BCUT2D eigenvalue weighted by Crippen LogP contribution is -2.05. The molecule has 0 fully saturated rings. The third kappa shape index (κ3) is 3.49. The first-order chi connectivity index (χ1) is 9.92. The number of hydrogen-bond donors (Lipinski definition) is 1. The maximum Gasteiger partial charge on any atom is 0.387 e. The van der Waals surface area contributed by atoms with Crippen LogP contribution < -0.4 is 15.2 Å². The van der Waals surface area contributed by atoms with Gasteiger partial charge in [-0.05, 0) is 47.7 Å². The molecule has 0 bridgehead atoms. The van der Waals surface area contributed by atoms with Gasteiger partial charge in [0.05, 0.1) is 16.4 Å². The molecule has 0 saturated heterocycles. The van der Waals surface area contributed by atoms with Crippen LogP contribution in [0, 0.1) is 10.5 Å². The Morgan fingerprint density at radius 3 is 2.52 bits per heavy atom. The van der Waals surface area contributed by atoms with Gasteiger partial charge in [0.1, 0.15) is 5.82 Å². The summed E-state index contributed by atoms with van der Waals surface area (Å²) in [5.74, 6) is 0.801. The van der Waals surface area contributed by atoms with E-state index in [1.165, 1.54) is 19.2 Å². The zero-order valence-corrected chi connectivity index (χ0v) is 13.4. The third-order valence-electron chi connectivity index (χ3n) is 2.68. The molecule has 0 amide bonds. The Hall–Kier alpha value is -1.71. The SMILES string of the molecule is COc1ccc(-c2nc(C)c(I)c(N)n2)cc1OC(F)F. The summed E-state index contributed by atoms with van der Waals surface area (Å²) in [6.45, 7) is -1.15. The molecule has 0 atom stereocenters. The Bertz CT molecular complexity index is 645. The monoisotopic (exact) mass is 407 g/mol. The molecule has 8 heteroatoms. The van der Waals surface area contributed by atoms with Gasteiger partial charge in [0.25, 0.3) is 0 Å². The quantitative estimate of drug-likeness (QED) is 0.789. The van der Waals surface area contributed by atoms with E-state index in [1.807, 2.05) is 22.6 Å². The molecule has 21 heavy (non-hydrogen) atoms. The number of nitrogen functional groups attached to an aromatic ring is 1. The smallest absolute Gasteiger partial charge is 0.387 e. The minimum atomic E-state index is -2.95. The van der Waals surface area contributed by atoms with E-state index in [9.17, 15) is 8.78 Å². The minimum absolute atomic E-state index is 0.0802. The molecule has 1 aromatic heterocycles. The molecule has 5 nitrogen and oxygen atoms in total. The number of rotatable bonds is 4. The summed E-state index contributed by atoms with van der Waals surface area (Å²) in [5, 5.41) is 0. The normalized spacial score (nSPS) is 10.8. The van der Waals surface area contributed by atoms with Crippen LogP contribution in [-0.4, -0.2) is 23.7 Å². The minimum Gasteiger partial charge on any atom is -0.493 e. The molecule has 1 aromatic carbocycles. The van der Waals surface area contributed by atoms with Gasteiger partial charge in [-0.15, -0.1) is 0 Å². The number of aryl methyl sites for hydroxylation is 1. The van der Waals surface area contributed by atoms with Gasteiger partial charge in [-0.25, -0.2) is 9.97 Å². The topological polar surface area (TPSA) is 70.3 Å². The molecule has 1 heterocycles. The van der Waals surface area contributed by atoms with E-state index in [0.717, 1.165) is 3.57 Å². The highest BCUT2D eigenvalue weighted by molar-refractivity contribution is 14.1. The van der Waals surface area contributed by atoms with Crippen molar-refractivity contribution in [3.05, 3.63) is 27.5 Å². The Labute approximate surface area is 133 Å². The molecule has 0 aliphatic rings. The maximum absolute atomic E-state index is 12.4. The molecular weight excluding hydrogens is 395 g/mol. The number of methoxy groups -OCH3 is 1. The van der Waals surface area contributed by atoms with Crippen molar-refractivity contribution >= 4 is 28.4 Å². The van der Waals surface area contributed by atoms with E-state index in [2.05, 4.69) is 14.7 Å². The fourth-order valence-corrected chi connectivity index (χ4v) is 1.96. The zero-order chi connectivity index (χ0) is 15.6. The highest BCUT2D eigenvalue weighted by Crippen LogP contribution is 2.33. The molecule has 2 rings (SSSR count). The van der Waals surface area contributed by atoms with Crippen LogP contribution >= 0.6 is 22.6 Å². The number of ether oxygens (including phenoxy) is 2. The van der Waals surface area contributed by atoms with Gasteiger partial charge >= 0.3 is 6.61 Å². The van der Waals surface area contributed by atoms with Gasteiger partial charge in [0.15, 0.2) is 17.3 Å². The Morgan fingerprint density at radius 2 is 1.95 bits per heavy atom. The molecule has 0 aliphatic heterocycles. The number of hydrogen-bond acceptors (Lipinski definition) is 5. The number of alkyl halides is 2. The lowest BCUT2D eigenvalue weighted by Gasteiger charge is -2.12. The summed E-state index contributed by atoms with van der Waals surface area (Å²) >= 11 is 2.05. The molecule has 0 aliphatic carbocycles. The lowest BCUT2D eigenvalue weighted by molar-refractivity contribution is -0.0511. The van der Waals surface area contributed by atoms with Crippen LogP contribution in [0.1, 0.15) is 5.69 Å². The standard InChI is InChI=1S/C13H12F2IN3O2/c1-6-10(16)11(17)19-12(18-6)7-3-4-8(20-2)9(5-7)21-13(14)15/h3-5,13H,1-2H3,(H2,17,18,19). The number of anilines is 1. The van der Waals surface area contributed by atoms with E-state index in [-0.39, 0.29) is 11.5 Å². The van der Waals surface area contributed by atoms with Gasteiger partial charge in [0, 0.05) is 5.56 Å². The Morgan fingerprint density at radius 1 is 1.24 bits per heavy atom. The molecule has 112 valence electrons. The number of nitrogens with two attached hydrogens (primary N) is 1. The number of benzene rings is 1. The van der Waals surface area contributed by atoms with Gasteiger partial charge in [-0.2, -0.15) is 8.78 Å². The second kappa shape index (κ2) is 6.37. The van der Waals surface area contributed by atoms with Crippen LogP contribution in [0.15, 0.2) is 18.2 Å². The van der Waals surface area contributed by atoms with Crippen LogP contribution in [0.4, 0.5) is 14.6 Å². The zero-order valence-electron chi connectivity index (χ0n) is 11.2. The van der Waals surface area contributed by atoms with Crippen LogP contribution in [0.25, 0.3) is 11.4 Å². The highest BCUT2D eigenvalue weighted by atomic mass is 127. The van der Waals surface area contributed by atoms with Crippen LogP contribution in [0.3, 0.4) is 0 Å². The molecular formula is C13H12F2IN3O2. The van der Waals surface area contributed by atoms with Crippen LogP contribution in [0.2, 0.25) is 0 Å². The van der Waals surface area contributed by atoms with Crippen molar-refractivity contribution in [2.45, 2.75) is 13.5 Å². The van der Waals surface area contributed by atoms with Crippen molar-refractivity contribution in [3.8, 4) is 22.9 Å². The number of halogens is 3. The second-order valence-electron chi connectivity index (χ2n) is 4.08. The van der Waals surface area contributed by atoms with E-state index in [0.29, 0.717) is 22.9 Å². The first-order valence-electron chi connectivity index (χ1n) is 5.85. The number of nitrogens with zero attached hydrogens (tertiary/aromatic N) is 2. The van der Waals surface area contributed by atoms with Crippen molar-refractivity contribution in [2.75, 3.05) is 12.8 Å². The first kappa shape index (κ1) is 15.7. The number of aromatic nitrogens is 2. The predicted octanol–water partition coefficient (Wildman–Crippen LogP) is 3.25. The second-order valence-corrected chi connectivity index (χ2v) is 5.15. The molecule has 2 aromatic rings. The third-order valence-corrected chi connectivity index (χ3v) is 4.01. The average molecular weight is 407 g/mol. The highest BCUT2D eigenvalue weighted by Gasteiger charge is 2.14. The maximum atomic E-state index is 12.4. The molecule has 0 radical (unpaired) electrons. The van der Waals surface area contributed by atoms with Gasteiger partial charge < -0.3 is 15.2 Å². The summed E-state index contributed by atoms with van der Waals surface area (Å²) in [6.07, 6.45) is 0. The van der Waals surface area contributed by atoms with Crippen LogP contribution in [-0.2, 0) is 0 Å².